The van der Waals surface area contributed by atoms with Crippen molar-refractivity contribution in [2.24, 2.45) is 7.05 Å². The Bertz CT molecular complexity index is 1130. The highest BCUT2D eigenvalue weighted by molar-refractivity contribution is 5.93. The normalized spacial score (nSPS) is 12.2. The van der Waals surface area contributed by atoms with Gasteiger partial charge in [-0.1, -0.05) is 78.4 Å². The van der Waals surface area contributed by atoms with Crippen molar-refractivity contribution in [1.82, 2.24) is 4.57 Å². The number of hydrogen-bond donors (Lipinski definition) is 0. The highest BCUT2D eigenvalue weighted by Crippen LogP contribution is 2.40. The predicted molar refractivity (Wildman–Crippen MR) is 113 cm³/mol. The van der Waals surface area contributed by atoms with E-state index >= 15 is 0 Å². The molecule has 0 bridgehead atoms. The Morgan fingerprint density at radius 1 is 0.929 bits per heavy atom. The molecular formula is C24H22N2O2. The lowest BCUT2D eigenvalue weighted by Gasteiger charge is -2.17. The van der Waals surface area contributed by atoms with Gasteiger partial charge in [0.1, 0.15) is 0 Å². The van der Waals surface area contributed by atoms with Gasteiger partial charge in [-0.25, -0.2) is 0 Å². The second-order valence-corrected chi connectivity index (χ2v) is 7.18. The Kier molecular flexibility index (Phi) is 4.70. The minimum Gasteiger partial charge on any atom is -0.343 e. The number of nitro groups is 1. The van der Waals surface area contributed by atoms with Crippen molar-refractivity contribution in [3.8, 4) is 11.3 Å². The van der Waals surface area contributed by atoms with Crippen molar-refractivity contribution in [3.63, 3.8) is 0 Å². The SMILES string of the molecule is Cc1ccc([C@H](C[N+](=O)[O-])c2c(-c3ccccc3)n(C)c3ccccc23)cc1. The monoisotopic (exact) mass is 370 g/mol. The lowest BCUT2D eigenvalue weighted by molar-refractivity contribution is -0.481. The second kappa shape index (κ2) is 7.31. The Labute approximate surface area is 164 Å². The van der Waals surface area contributed by atoms with E-state index in [0.29, 0.717) is 0 Å². The van der Waals surface area contributed by atoms with Crippen molar-refractivity contribution in [2.75, 3.05) is 6.54 Å². The van der Waals surface area contributed by atoms with Crippen LogP contribution in [-0.2, 0) is 7.05 Å². The fourth-order valence-corrected chi connectivity index (χ4v) is 4.03. The zero-order chi connectivity index (χ0) is 19.7. The third-order valence-corrected chi connectivity index (χ3v) is 5.35. The summed E-state index contributed by atoms with van der Waals surface area (Å²) in [6, 6.07) is 26.4. The summed E-state index contributed by atoms with van der Waals surface area (Å²) in [7, 11) is 2.03. The third kappa shape index (κ3) is 3.18. The Balaban J connectivity index is 2.04. The highest BCUT2D eigenvalue weighted by Gasteiger charge is 2.28. The molecule has 4 aromatic rings. The van der Waals surface area contributed by atoms with Crippen molar-refractivity contribution in [2.45, 2.75) is 12.8 Å². The maximum atomic E-state index is 11.6. The van der Waals surface area contributed by atoms with Crippen LogP contribution in [0.5, 0.6) is 0 Å². The smallest absolute Gasteiger partial charge is 0.214 e. The number of aryl methyl sites for hydroxylation is 2. The molecule has 0 aliphatic heterocycles. The first-order valence-corrected chi connectivity index (χ1v) is 9.37. The first kappa shape index (κ1) is 18.0. The summed E-state index contributed by atoms with van der Waals surface area (Å²) in [5, 5.41) is 12.7. The summed E-state index contributed by atoms with van der Waals surface area (Å²) in [6.45, 7) is 1.89. The van der Waals surface area contributed by atoms with Gasteiger partial charge < -0.3 is 4.57 Å². The van der Waals surface area contributed by atoms with Crippen LogP contribution in [0.25, 0.3) is 22.2 Å². The van der Waals surface area contributed by atoms with Crippen molar-refractivity contribution < 1.29 is 4.92 Å². The van der Waals surface area contributed by atoms with E-state index in [1.165, 1.54) is 0 Å². The summed E-state index contributed by atoms with van der Waals surface area (Å²) < 4.78 is 2.15. The van der Waals surface area contributed by atoms with Crippen LogP contribution in [0.2, 0.25) is 0 Å². The number of fused-ring (bicyclic) bond motifs is 1. The van der Waals surface area contributed by atoms with Crippen LogP contribution >= 0.6 is 0 Å². The average Bonchev–Trinajstić information content (AvgIpc) is 3.00. The maximum absolute atomic E-state index is 11.6. The molecule has 3 aromatic carbocycles. The van der Waals surface area contributed by atoms with Gasteiger partial charge in [-0.05, 0) is 29.7 Å². The van der Waals surface area contributed by atoms with Gasteiger partial charge >= 0.3 is 0 Å². The molecule has 0 aliphatic carbocycles. The van der Waals surface area contributed by atoms with E-state index < -0.39 is 0 Å². The lowest BCUT2D eigenvalue weighted by Crippen LogP contribution is -2.15. The minimum atomic E-state index is -0.322. The third-order valence-electron chi connectivity index (χ3n) is 5.35. The molecule has 0 spiro atoms. The zero-order valence-corrected chi connectivity index (χ0v) is 16.0. The van der Waals surface area contributed by atoms with E-state index in [4.69, 9.17) is 0 Å². The van der Waals surface area contributed by atoms with Crippen LogP contribution in [-0.4, -0.2) is 16.0 Å². The van der Waals surface area contributed by atoms with Gasteiger partial charge in [-0.3, -0.25) is 10.1 Å². The van der Waals surface area contributed by atoms with Crippen LogP contribution in [0, 0.1) is 17.0 Å². The molecule has 0 amide bonds. The van der Waals surface area contributed by atoms with Crippen LogP contribution in [0.1, 0.15) is 22.6 Å². The molecule has 1 aromatic heterocycles. The Morgan fingerprint density at radius 3 is 2.25 bits per heavy atom. The van der Waals surface area contributed by atoms with Crippen LogP contribution in [0.3, 0.4) is 0 Å². The second-order valence-electron chi connectivity index (χ2n) is 7.18. The quantitative estimate of drug-likeness (QED) is 0.341. The van der Waals surface area contributed by atoms with Gasteiger partial charge in [0.15, 0.2) is 0 Å². The van der Waals surface area contributed by atoms with Gasteiger partial charge in [0.05, 0.1) is 11.6 Å². The summed E-state index contributed by atoms with van der Waals surface area (Å²) >= 11 is 0. The number of hydrogen-bond acceptors (Lipinski definition) is 2. The van der Waals surface area contributed by atoms with Gasteiger partial charge in [-0.15, -0.1) is 0 Å². The standard InChI is InChI=1S/C24H22N2O2/c1-17-12-14-18(15-13-17)21(16-26(27)28)23-20-10-6-7-11-22(20)25(2)24(23)19-8-4-3-5-9-19/h3-15,21H,16H2,1-2H3/t21-/m0/s1. The molecule has 0 N–H and O–H groups in total. The van der Waals surface area contributed by atoms with E-state index in [0.717, 1.165) is 38.9 Å². The van der Waals surface area contributed by atoms with Crippen molar-refractivity contribution >= 4 is 10.9 Å². The predicted octanol–water partition coefficient (Wildman–Crippen LogP) is 5.56. The van der Waals surface area contributed by atoms with Crippen LogP contribution < -0.4 is 0 Å². The zero-order valence-electron chi connectivity index (χ0n) is 16.0. The fraction of sp³-hybridized carbons (Fsp3) is 0.167. The minimum absolute atomic E-state index is 0.142. The maximum Gasteiger partial charge on any atom is 0.214 e. The van der Waals surface area contributed by atoms with E-state index in [1.54, 1.807) is 0 Å². The molecule has 0 saturated heterocycles. The van der Waals surface area contributed by atoms with Crippen molar-refractivity contribution in [3.05, 3.63) is 106 Å². The molecule has 4 rings (SSSR count). The fourth-order valence-electron chi connectivity index (χ4n) is 4.03. The molecule has 4 heteroatoms. The number of benzene rings is 3. The number of para-hydroxylation sites is 1. The van der Waals surface area contributed by atoms with E-state index in [1.807, 2.05) is 68.6 Å². The van der Waals surface area contributed by atoms with Crippen molar-refractivity contribution in [1.29, 1.82) is 0 Å². The Morgan fingerprint density at radius 2 is 1.57 bits per heavy atom. The molecule has 1 heterocycles. The first-order chi connectivity index (χ1) is 13.6. The topological polar surface area (TPSA) is 48.1 Å². The largest absolute Gasteiger partial charge is 0.343 e. The Hall–Kier alpha value is -3.40. The number of rotatable bonds is 5. The number of aromatic nitrogens is 1. The van der Waals surface area contributed by atoms with Gasteiger partial charge in [0.25, 0.3) is 0 Å². The molecule has 4 nitrogen and oxygen atoms in total. The first-order valence-electron chi connectivity index (χ1n) is 9.37. The summed E-state index contributed by atoms with van der Waals surface area (Å²) in [5.41, 5.74) is 6.31. The molecule has 28 heavy (non-hydrogen) atoms. The average molecular weight is 370 g/mol. The molecule has 0 unspecified atom stereocenters. The van der Waals surface area contributed by atoms with Gasteiger partial charge in [-0.2, -0.15) is 0 Å². The molecular weight excluding hydrogens is 348 g/mol. The molecule has 1 atom stereocenters. The van der Waals surface area contributed by atoms with Gasteiger partial charge in [0, 0.05) is 22.9 Å². The molecule has 0 fully saturated rings. The van der Waals surface area contributed by atoms with Gasteiger partial charge in [0.2, 0.25) is 6.54 Å². The highest BCUT2D eigenvalue weighted by atomic mass is 16.6. The molecule has 0 radical (unpaired) electrons. The summed E-state index contributed by atoms with van der Waals surface area (Å²) in [4.78, 5) is 11.4. The molecule has 0 saturated carbocycles. The van der Waals surface area contributed by atoms with E-state index in [-0.39, 0.29) is 17.4 Å². The lowest BCUT2D eigenvalue weighted by atomic mass is 9.87. The van der Waals surface area contributed by atoms with Crippen LogP contribution in [0.15, 0.2) is 78.9 Å². The molecule has 140 valence electrons. The summed E-state index contributed by atoms with van der Waals surface area (Å²) in [6.07, 6.45) is 0. The summed E-state index contributed by atoms with van der Waals surface area (Å²) in [5.74, 6) is -0.322. The van der Waals surface area contributed by atoms with E-state index in [9.17, 15) is 10.1 Å². The number of nitrogens with zero attached hydrogens (tertiary/aromatic N) is 2. The van der Waals surface area contributed by atoms with Crippen LogP contribution in [0.4, 0.5) is 0 Å². The van der Waals surface area contributed by atoms with E-state index in [2.05, 4.69) is 28.8 Å². The molecule has 0 aliphatic rings.